The molecule has 2 heterocycles. The van der Waals surface area contributed by atoms with Gasteiger partial charge in [0.2, 0.25) is 0 Å². The third kappa shape index (κ3) is 2.47. The van der Waals surface area contributed by atoms with E-state index >= 15 is 0 Å². The molecule has 0 unspecified atom stereocenters. The zero-order valence-corrected chi connectivity index (χ0v) is 12.4. The summed E-state index contributed by atoms with van der Waals surface area (Å²) in [5, 5.41) is 1.08. The molecule has 0 atom stereocenters. The molecule has 0 aliphatic carbocycles. The van der Waals surface area contributed by atoms with Crippen LogP contribution in [0.4, 0.5) is 0 Å². The number of aromatic amines is 2. The first-order chi connectivity index (χ1) is 9.65. The molecule has 0 saturated heterocycles. The SMILES string of the molecule is Cc1[nH]c(Cc2ccc[nH]2)nc1-c1cccc(Cl)c1Cl. The fourth-order valence-corrected chi connectivity index (χ4v) is 2.60. The van der Waals surface area contributed by atoms with Crippen molar-refractivity contribution in [2.75, 3.05) is 0 Å². The standard InChI is InChI=1S/C15H13Cl2N3/c1-9-15(11-5-2-6-12(16)14(11)17)20-13(19-9)8-10-4-3-7-18-10/h2-7,18H,8H2,1H3,(H,19,20). The summed E-state index contributed by atoms with van der Waals surface area (Å²) in [6, 6.07) is 9.58. The molecule has 0 fully saturated rings. The average molecular weight is 306 g/mol. The molecule has 0 bridgehead atoms. The maximum atomic E-state index is 6.26. The van der Waals surface area contributed by atoms with Gasteiger partial charge in [-0.3, -0.25) is 0 Å². The van der Waals surface area contributed by atoms with Crippen LogP contribution in [0, 0.1) is 6.92 Å². The topological polar surface area (TPSA) is 44.5 Å². The highest BCUT2D eigenvalue weighted by Crippen LogP contribution is 2.34. The molecule has 0 aliphatic heterocycles. The van der Waals surface area contributed by atoms with E-state index in [4.69, 9.17) is 23.2 Å². The molecule has 2 aromatic heterocycles. The van der Waals surface area contributed by atoms with E-state index in [1.54, 1.807) is 6.07 Å². The van der Waals surface area contributed by atoms with Crippen LogP contribution in [0.5, 0.6) is 0 Å². The van der Waals surface area contributed by atoms with Crippen molar-refractivity contribution in [3.63, 3.8) is 0 Å². The maximum Gasteiger partial charge on any atom is 0.112 e. The number of nitrogens with one attached hydrogen (secondary N) is 2. The molecule has 0 saturated carbocycles. The van der Waals surface area contributed by atoms with Crippen LogP contribution in [0.25, 0.3) is 11.3 Å². The molecule has 102 valence electrons. The van der Waals surface area contributed by atoms with Crippen molar-refractivity contribution in [3.8, 4) is 11.3 Å². The van der Waals surface area contributed by atoms with E-state index in [2.05, 4.69) is 15.0 Å². The van der Waals surface area contributed by atoms with E-state index < -0.39 is 0 Å². The van der Waals surface area contributed by atoms with Gasteiger partial charge in [0.1, 0.15) is 5.82 Å². The predicted molar refractivity (Wildman–Crippen MR) is 82.4 cm³/mol. The van der Waals surface area contributed by atoms with Gasteiger partial charge in [-0.2, -0.15) is 0 Å². The minimum atomic E-state index is 0.537. The van der Waals surface area contributed by atoms with Crippen molar-refractivity contribution in [1.29, 1.82) is 0 Å². The van der Waals surface area contributed by atoms with E-state index in [1.165, 1.54) is 0 Å². The van der Waals surface area contributed by atoms with Gasteiger partial charge in [0.05, 0.1) is 15.7 Å². The zero-order chi connectivity index (χ0) is 14.1. The van der Waals surface area contributed by atoms with Crippen LogP contribution in [0.3, 0.4) is 0 Å². The van der Waals surface area contributed by atoms with E-state index in [1.807, 2.05) is 37.4 Å². The Balaban J connectivity index is 1.98. The van der Waals surface area contributed by atoms with Crippen LogP contribution in [-0.4, -0.2) is 15.0 Å². The summed E-state index contributed by atoms with van der Waals surface area (Å²) in [4.78, 5) is 11.1. The first kappa shape index (κ1) is 13.3. The van der Waals surface area contributed by atoms with Crippen LogP contribution < -0.4 is 0 Å². The molecule has 2 N–H and O–H groups in total. The van der Waals surface area contributed by atoms with Crippen molar-refractivity contribution in [2.45, 2.75) is 13.3 Å². The number of hydrogen-bond acceptors (Lipinski definition) is 1. The number of H-pyrrole nitrogens is 2. The molecular formula is C15H13Cl2N3. The molecule has 20 heavy (non-hydrogen) atoms. The molecule has 1 aromatic carbocycles. The first-order valence-corrected chi connectivity index (χ1v) is 7.03. The predicted octanol–water partition coefficient (Wildman–Crippen LogP) is 4.61. The van der Waals surface area contributed by atoms with Crippen molar-refractivity contribution >= 4 is 23.2 Å². The van der Waals surface area contributed by atoms with Gasteiger partial charge < -0.3 is 9.97 Å². The van der Waals surface area contributed by atoms with E-state index in [0.717, 1.165) is 34.9 Å². The van der Waals surface area contributed by atoms with Crippen LogP contribution in [-0.2, 0) is 6.42 Å². The van der Waals surface area contributed by atoms with Crippen molar-refractivity contribution in [2.24, 2.45) is 0 Å². The lowest BCUT2D eigenvalue weighted by atomic mass is 10.1. The number of aryl methyl sites for hydroxylation is 1. The van der Waals surface area contributed by atoms with Gasteiger partial charge in [-0.25, -0.2) is 4.98 Å². The van der Waals surface area contributed by atoms with Crippen molar-refractivity contribution < 1.29 is 0 Å². The van der Waals surface area contributed by atoms with E-state index in [-0.39, 0.29) is 0 Å². The lowest BCUT2D eigenvalue weighted by Crippen LogP contribution is -1.90. The molecule has 3 aromatic rings. The summed E-state index contributed by atoms with van der Waals surface area (Å²) in [5.74, 6) is 0.899. The third-order valence-corrected chi connectivity index (χ3v) is 3.98. The van der Waals surface area contributed by atoms with Gasteiger partial charge in [0.15, 0.2) is 0 Å². The number of imidazole rings is 1. The molecule has 5 heteroatoms. The fraction of sp³-hybridized carbons (Fsp3) is 0.133. The molecule has 0 amide bonds. The van der Waals surface area contributed by atoms with Crippen molar-refractivity contribution in [1.82, 2.24) is 15.0 Å². The van der Waals surface area contributed by atoms with Gasteiger partial charge in [-0.1, -0.05) is 35.3 Å². The third-order valence-electron chi connectivity index (χ3n) is 3.16. The second-order valence-corrected chi connectivity index (χ2v) is 5.42. The number of rotatable bonds is 3. The molecule has 0 aliphatic rings. The van der Waals surface area contributed by atoms with Crippen LogP contribution in [0.1, 0.15) is 17.2 Å². The first-order valence-electron chi connectivity index (χ1n) is 6.27. The molecule has 3 nitrogen and oxygen atoms in total. The normalized spacial score (nSPS) is 10.9. The zero-order valence-electron chi connectivity index (χ0n) is 10.9. The maximum absolute atomic E-state index is 6.26. The summed E-state index contributed by atoms with van der Waals surface area (Å²) in [6.45, 7) is 1.98. The van der Waals surface area contributed by atoms with Gasteiger partial charge >= 0.3 is 0 Å². The Kier molecular flexibility index (Phi) is 3.55. The molecule has 3 rings (SSSR count). The second-order valence-electron chi connectivity index (χ2n) is 4.63. The van der Waals surface area contributed by atoms with E-state index in [0.29, 0.717) is 10.0 Å². The highest BCUT2D eigenvalue weighted by Gasteiger charge is 2.14. The lowest BCUT2D eigenvalue weighted by molar-refractivity contribution is 0.984. The summed E-state index contributed by atoms with van der Waals surface area (Å²) < 4.78 is 0. The summed E-state index contributed by atoms with van der Waals surface area (Å²) >= 11 is 12.3. The van der Waals surface area contributed by atoms with Gasteiger partial charge in [0, 0.05) is 29.6 Å². The van der Waals surface area contributed by atoms with Crippen molar-refractivity contribution in [3.05, 3.63) is 63.8 Å². The quantitative estimate of drug-likeness (QED) is 0.729. The highest BCUT2D eigenvalue weighted by molar-refractivity contribution is 6.43. The smallest absolute Gasteiger partial charge is 0.112 e. The van der Waals surface area contributed by atoms with Crippen LogP contribution in [0.2, 0.25) is 10.0 Å². The Morgan fingerprint density at radius 2 is 2.00 bits per heavy atom. The van der Waals surface area contributed by atoms with E-state index in [9.17, 15) is 0 Å². The van der Waals surface area contributed by atoms with Crippen LogP contribution >= 0.6 is 23.2 Å². The molecular weight excluding hydrogens is 293 g/mol. The summed E-state index contributed by atoms with van der Waals surface area (Å²) in [7, 11) is 0. The number of benzene rings is 1. The highest BCUT2D eigenvalue weighted by atomic mass is 35.5. The Bertz CT molecular complexity index is 730. The summed E-state index contributed by atoms with van der Waals surface area (Å²) in [5.41, 5.74) is 3.79. The Morgan fingerprint density at radius 1 is 1.15 bits per heavy atom. The number of nitrogens with zero attached hydrogens (tertiary/aromatic N) is 1. The minimum absolute atomic E-state index is 0.537. The Labute approximate surface area is 127 Å². The minimum Gasteiger partial charge on any atom is -0.365 e. The number of hydrogen-bond donors (Lipinski definition) is 2. The number of halogens is 2. The number of aromatic nitrogens is 3. The summed E-state index contributed by atoms with van der Waals surface area (Å²) in [6.07, 6.45) is 2.63. The lowest BCUT2D eigenvalue weighted by Gasteiger charge is -2.03. The average Bonchev–Trinajstić information content (AvgIpc) is 3.03. The van der Waals surface area contributed by atoms with Gasteiger partial charge in [0.25, 0.3) is 0 Å². The Hall–Kier alpha value is -1.71. The Morgan fingerprint density at radius 3 is 2.75 bits per heavy atom. The largest absolute Gasteiger partial charge is 0.365 e. The molecule has 0 spiro atoms. The fourth-order valence-electron chi connectivity index (χ4n) is 2.21. The van der Waals surface area contributed by atoms with Gasteiger partial charge in [-0.15, -0.1) is 0 Å². The van der Waals surface area contributed by atoms with Gasteiger partial charge in [-0.05, 0) is 25.1 Å². The monoisotopic (exact) mass is 305 g/mol. The second kappa shape index (κ2) is 5.35. The molecule has 0 radical (unpaired) electrons. The van der Waals surface area contributed by atoms with Crippen LogP contribution in [0.15, 0.2) is 36.5 Å².